The Bertz CT molecular complexity index is 596. The number of benzene rings is 1. The standard InChI is InChI=1S/C18H23N3O/c1-21(9-5-8-14-6-3-2-4-7-14)18-12-17(19-13-20-18)15-10-16(22)11-15/h2-4,6-7,12-13,15-16,22H,5,8-11H2,1H3. The van der Waals surface area contributed by atoms with Gasteiger partial charge in [-0.2, -0.15) is 0 Å². The van der Waals surface area contributed by atoms with Crippen molar-refractivity contribution in [2.24, 2.45) is 0 Å². The van der Waals surface area contributed by atoms with Crippen LogP contribution in [0.2, 0.25) is 0 Å². The fraction of sp³-hybridized carbons (Fsp3) is 0.444. The van der Waals surface area contributed by atoms with Crippen molar-refractivity contribution in [3.05, 3.63) is 54.0 Å². The summed E-state index contributed by atoms with van der Waals surface area (Å²) in [6.07, 6.45) is 5.33. The fourth-order valence-corrected chi connectivity index (χ4v) is 2.90. The van der Waals surface area contributed by atoms with E-state index < -0.39 is 0 Å². The molecule has 0 atom stereocenters. The normalized spacial score (nSPS) is 20.5. The average molecular weight is 297 g/mol. The van der Waals surface area contributed by atoms with Crippen molar-refractivity contribution in [1.82, 2.24) is 9.97 Å². The highest BCUT2D eigenvalue weighted by Gasteiger charge is 2.29. The summed E-state index contributed by atoms with van der Waals surface area (Å²) in [6.45, 7) is 0.971. The van der Waals surface area contributed by atoms with E-state index in [1.165, 1.54) is 5.56 Å². The number of anilines is 1. The first-order chi connectivity index (χ1) is 10.7. The molecule has 1 aliphatic rings. The molecule has 2 aromatic rings. The van der Waals surface area contributed by atoms with Crippen LogP contribution in [0.15, 0.2) is 42.7 Å². The molecule has 4 heteroatoms. The van der Waals surface area contributed by atoms with Gasteiger partial charge in [-0.1, -0.05) is 30.3 Å². The zero-order valence-electron chi connectivity index (χ0n) is 13.0. The first-order valence-corrected chi connectivity index (χ1v) is 7.97. The van der Waals surface area contributed by atoms with E-state index in [1.54, 1.807) is 6.33 Å². The Labute approximate surface area is 131 Å². The van der Waals surface area contributed by atoms with Crippen LogP contribution in [0.4, 0.5) is 5.82 Å². The number of aliphatic hydroxyl groups excluding tert-OH is 1. The van der Waals surface area contributed by atoms with Gasteiger partial charge in [0, 0.05) is 31.3 Å². The number of hydrogen-bond acceptors (Lipinski definition) is 4. The summed E-state index contributed by atoms with van der Waals surface area (Å²) in [7, 11) is 2.08. The SMILES string of the molecule is CN(CCCc1ccccc1)c1cc(C2CC(O)C2)ncn1. The van der Waals surface area contributed by atoms with Crippen LogP contribution in [0.5, 0.6) is 0 Å². The van der Waals surface area contributed by atoms with Crippen LogP contribution >= 0.6 is 0 Å². The van der Waals surface area contributed by atoms with E-state index in [-0.39, 0.29) is 6.10 Å². The highest BCUT2D eigenvalue weighted by atomic mass is 16.3. The molecule has 0 unspecified atom stereocenters. The molecule has 1 aromatic carbocycles. The molecule has 4 nitrogen and oxygen atoms in total. The summed E-state index contributed by atoms with van der Waals surface area (Å²) in [5.74, 6) is 1.37. The fourth-order valence-electron chi connectivity index (χ4n) is 2.90. The Balaban J connectivity index is 1.53. The molecule has 0 saturated heterocycles. The maximum Gasteiger partial charge on any atom is 0.131 e. The van der Waals surface area contributed by atoms with E-state index in [4.69, 9.17) is 0 Å². The van der Waals surface area contributed by atoms with Gasteiger partial charge in [-0.3, -0.25) is 0 Å². The number of rotatable bonds is 6. The van der Waals surface area contributed by atoms with Crippen LogP contribution in [-0.2, 0) is 6.42 Å². The molecule has 3 rings (SSSR count). The first kappa shape index (κ1) is 15.0. The van der Waals surface area contributed by atoms with Gasteiger partial charge in [0.2, 0.25) is 0 Å². The van der Waals surface area contributed by atoms with E-state index in [2.05, 4.69) is 58.3 Å². The molecule has 1 N–H and O–H groups in total. The Hall–Kier alpha value is -1.94. The highest BCUT2D eigenvalue weighted by molar-refractivity contribution is 5.39. The van der Waals surface area contributed by atoms with E-state index in [0.717, 1.165) is 43.7 Å². The lowest BCUT2D eigenvalue weighted by Gasteiger charge is -2.31. The summed E-state index contributed by atoms with van der Waals surface area (Å²) in [4.78, 5) is 10.9. The Morgan fingerprint density at radius 3 is 2.68 bits per heavy atom. The number of hydrogen-bond donors (Lipinski definition) is 1. The third-order valence-corrected chi connectivity index (χ3v) is 4.40. The quantitative estimate of drug-likeness (QED) is 0.890. The summed E-state index contributed by atoms with van der Waals surface area (Å²) in [5.41, 5.74) is 2.44. The van der Waals surface area contributed by atoms with Crippen molar-refractivity contribution < 1.29 is 5.11 Å². The summed E-state index contributed by atoms with van der Waals surface area (Å²) in [6, 6.07) is 12.6. The second kappa shape index (κ2) is 6.88. The Morgan fingerprint density at radius 1 is 1.18 bits per heavy atom. The van der Waals surface area contributed by atoms with Gasteiger partial charge < -0.3 is 10.0 Å². The molecule has 1 aromatic heterocycles. The molecule has 0 bridgehead atoms. The predicted molar refractivity (Wildman–Crippen MR) is 88.0 cm³/mol. The summed E-state index contributed by atoms with van der Waals surface area (Å²) in [5, 5.41) is 9.43. The molecule has 1 aliphatic carbocycles. The van der Waals surface area contributed by atoms with Gasteiger partial charge in [-0.05, 0) is 31.2 Å². The topological polar surface area (TPSA) is 49.2 Å². The van der Waals surface area contributed by atoms with Gasteiger partial charge >= 0.3 is 0 Å². The molecule has 22 heavy (non-hydrogen) atoms. The molecular formula is C18H23N3O. The van der Waals surface area contributed by atoms with Crippen molar-refractivity contribution >= 4 is 5.82 Å². The monoisotopic (exact) mass is 297 g/mol. The second-order valence-electron chi connectivity index (χ2n) is 6.13. The average Bonchev–Trinajstić information content (AvgIpc) is 2.53. The van der Waals surface area contributed by atoms with Gasteiger partial charge in [0.05, 0.1) is 6.10 Å². The van der Waals surface area contributed by atoms with Gasteiger partial charge in [0.1, 0.15) is 12.1 Å². The van der Waals surface area contributed by atoms with E-state index >= 15 is 0 Å². The lowest BCUT2D eigenvalue weighted by atomic mass is 9.80. The van der Waals surface area contributed by atoms with Crippen molar-refractivity contribution in [2.45, 2.75) is 37.7 Å². The van der Waals surface area contributed by atoms with E-state index in [9.17, 15) is 5.11 Å². The van der Waals surface area contributed by atoms with Crippen molar-refractivity contribution in [3.8, 4) is 0 Å². The molecule has 1 fully saturated rings. The lowest BCUT2D eigenvalue weighted by molar-refractivity contribution is 0.0732. The molecule has 1 heterocycles. The maximum absolute atomic E-state index is 9.43. The smallest absolute Gasteiger partial charge is 0.131 e. The van der Waals surface area contributed by atoms with Crippen LogP contribution in [0.3, 0.4) is 0 Å². The van der Waals surface area contributed by atoms with Crippen molar-refractivity contribution in [2.75, 3.05) is 18.5 Å². The van der Waals surface area contributed by atoms with Crippen LogP contribution in [0.1, 0.15) is 36.4 Å². The number of aliphatic hydroxyl groups is 1. The Morgan fingerprint density at radius 2 is 1.95 bits per heavy atom. The maximum atomic E-state index is 9.43. The largest absolute Gasteiger partial charge is 0.393 e. The first-order valence-electron chi connectivity index (χ1n) is 7.97. The van der Waals surface area contributed by atoms with Gasteiger partial charge in [0.15, 0.2) is 0 Å². The number of aromatic nitrogens is 2. The minimum Gasteiger partial charge on any atom is -0.393 e. The highest BCUT2D eigenvalue weighted by Crippen LogP contribution is 2.36. The molecular weight excluding hydrogens is 274 g/mol. The second-order valence-corrected chi connectivity index (χ2v) is 6.13. The zero-order chi connectivity index (χ0) is 15.4. The van der Waals surface area contributed by atoms with Crippen molar-refractivity contribution in [3.63, 3.8) is 0 Å². The lowest BCUT2D eigenvalue weighted by Crippen LogP contribution is -2.28. The Kier molecular flexibility index (Phi) is 4.68. The number of nitrogens with zero attached hydrogens (tertiary/aromatic N) is 3. The van der Waals surface area contributed by atoms with E-state index in [1.807, 2.05) is 0 Å². The predicted octanol–water partition coefficient (Wildman–Crippen LogP) is 2.78. The minimum atomic E-state index is -0.146. The molecule has 0 radical (unpaired) electrons. The molecule has 116 valence electrons. The van der Waals surface area contributed by atoms with Crippen LogP contribution in [-0.4, -0.2) is 34.8 Å². The zero-order valence-corrected chi connectivity index (χ0v) is 13.0. The molecule has 0 spiro atoms. The summed E-state index contributed by atoms with van der Waals surface area (Å²) >= 11 is 0. The third-order valence-electron chi connectivity index (χ3n) is 4.40. The van der Waals surface area contributed by atoms with Crippen LogP contribution in [0.25, 0.3) is 0 Å². The van der Waals surface area contributed by atoms with Crippen LogP contribution in [0, 0.1) is 0 Å². The van der Waals surface area contributed by atoms with Gasteiger partial charge in [0.25, 0.3) is 0 Å². The van der Waals surface area contributed by atoms with Gasteiger partial charge in [-0.25, -0.2) is 9.97 Å². The third kappa shape index (κ3) is 3.63. The molecule has 0 aliphatic heterocycles. The van der Waals surface area contributed by atoms with E-state index in [0.29, 0.717) is 5.92 Å². The molecule has 0 amide bonds. The molecule has 1 saturated carbocycles. The van der Waals surface area contributed by atoms with Crippen LogP contribution < -0.4 is 4.90 Å². The van der Waals surface area contributed by atoms with Gasteiger partial charge in [-0.15, -0.1) is 0 Å². The minimum absolute atomic E-state index is 0.146. The summed E-state index contributed by atoms with van der Waals surface area (Å²) < 4.78 is 0. The van der Waals surface area contributed by atoms with Crippen molar-refractivity contribution in [1.29, 1.82) is 0 Å². The number of aryl methyl sites for hydroxylation is 1.